The molecular formula is C5H15MgN. The van der Waals surface area contributed by atoms with E-state index >= 15 is 0 Å². The fourth-order valence-electron chi connectivity index (χ4n) is 0.447. The smallest absolute Gasteiger partial charge is 0.309 e. The van der Waals surface area contributed by atoms with E-state index in [0.29, 0.717) is 0 Å². The molecule has 0 unspecified atom stereocenters. The van der Waals surface area contributed by atoms with Gasteiger partial charge >= 0.3 is 23.1 Å². The molecule has 0 aromatic carbocycles. The van der Waals surface area contributed by atoms with Crippen LogP contribution in [-0.2, 0) is 0 Å². The Balaban J connectivity index is 0. The van der Waals surface area contributed by atoms with Crippen molar-refractivity contribution in [3.8, 4) is 0 Å². The first-order valence-corrected chi connectivity index (χ1v) is 2.42. The summed E-state index contributed by atoms with van der Waals surface area (Å²) in [7, 11) is 4.17. The highest BCUT2D eigenvalue weighted by molar-refractivity contribution is 5.75. The second-order valence-electron chi connectivity index (χ2n) is 1.80. The Morgan fingerprint density at radius 1 is 1.29 bits per heavy atom. The molecular weight excluding hydrogens is 98.4 g/mol. The van der Waals surface area contributed by atoms with E-state index in [0.717, 1.165) is 0 Å². The average Bonchev–Trinajstić information content (AvgIpc) is 1.35. The van der Waals surface area contributed by atoms with Crippen LogP contribution in [0, 0.1) is 0 Å². The van der Waals surface area contributed by atoms with Crippen molar-refractivity contribution in [3.63, 3.8) is 0 Å². The van der Waals surface area contributed by atoms with Gasteiger partial charge in [-0.3, -0.25) is 0 Å². The van der Waals surface area contributed by atoms with E-state index in [1.807, 2.05) is 0 Å². The molecule has 0 aromatic rings. The summed E-state index contributed by atoms with van der Waals surface area (Å²) >= 11 is 0. The first-order valence-electron chi connectivity index (χ1n) is 2.42. The van der Waals surface area contributed by atoms with Crippen LogP contribution < -0.4 is 0 Å². The summed E-state index contributed by atoms with van der Waals surface area (Å²) in [6, 6.07) is 0. The van der Waals surface area contributed by atoms with Crippen molar-refractivity contribution in [1.29, 1.82) is 0 Å². The molecule has 0 aliphatic heterocycles. The van der Waals surface area contributed by atoms with Crippen molar-refractivity contribution in [2.24, 2.45) is 0 Å². The number of nitrogens with zero attached hydrogens (tertiary/aromatic N) is 1. The normalized spacial score (nSPS) is 8.57. The predicted molar refractivity (Wildman–Crippen MR) is 37.4 cm³/mol. The predicted octanol–water partition coefficient (Wildman–Crippen LogP) is 0.0418. The van der Waals surface area contributed by atoms with Crippen LogP contribution in [0.1, 0.15) is 13.3 Å². The summed E-state index contributed by atoms with van der Waals surface area (Å²) in [5.41, 5.74) is 0. The highest BCUT2D eigenvalue weighted by Crippen LogP contribution is 1.76. The molecule has 42 valence electrons. The monoisotopic (exact) mass is 113 g/mol. The maximum atomic E-state index is 2.18. The molecule has 0 bridgehead atoms. The van der Waals surface area contributed by atoms with E-state index in [2.05, 4.69) is 25.9 Å². The van der Waals surface area contributed by atoms with E-state index in [1.54, 1.807) is 0 Å². The number of rotatable bonds is 2. The highest BCUT2D eigenvalue weighted by Gasteiger charge is 1.79. The van der Waals surface area contributed by atoms with Gasteiger partial charge in [0.2, 0.25) is 0 Å². The average molecular weight is 113 g/mol. The van der Waals surface area contributed by atoms with Gasteiger partial charge in [-0.15, -0.1) is 0 Å². The van der Waals surface area contributed by atoms with Crippen LogP contribution in [0.4, 0.5) is 0 Å². The zero-order valence-electron chi connectivity index (χ0n) is 4.86. The van der Waals surface area contributed by atoms with Gasteiger partial charge in [0.15, 0.2) is 0 Å². The quantitative estimate of drug-likeness (QED) is 0.457. The molecule has 7 heavy (non-hydrogen) atoms. The van der Waals surface area contributed by atoms with Crippen molar-refractivity contribution in [3.05, 3.63) is 0 Å². The van der Waals surface area contributed by atoms with Gasteiger partial charge in [-0.05, 0) is 27.1 Å². The van der Waals surface area contributed by atoms with Crippen LogP contribution in [-0.4, -0.2) is 48.6 Å². The number of hydrogen-bond acceptors (Lipinski definition) is 1. The molecule has 0 rings (SSSR count). The summed E-state index contributed by atoms with van der Waals surface area (Å²) in [4.78, 5) is 2.18. The van der Waals surface area contributed by atoms with Crippen molar-refractivity contribution in [2.75, 3.05) is 20.6 Å². The molecule has 0 spiro atoms. The Morgan fingerprint density at radius 2 is 1.71 bits per heavy atom. The van der Waals surface area contributed by atoms with Crippen LogP contribution in [0.2, 0.25) is 0 Å². The topological polar surface area (TPSA) is 3.24 Å². The van der Waals surface area contributed by atoms with Crippen LogP contribution in [0.25, 0.3) is 0 Å². The third kappa shape index (κ3) is 10.8. The lowest BCUT2D eigenvalue weighted by atomic mass is 10.5. The van der Waals surface area contributed by atoms with E-state index in [-0.39, 0.29) is 23.1 Å². The van der Waals surface area contributed by atoms with Gasteiger partial charge in [0.05, 0.1) is 0 Å². The minimum Gasteiger partial charge on any atom is -0.309 e. The molecule has 0 aromatic heterocycles. The Hall–Kier alpha value is 0.726. The van der Waals surface area contributed by atoms with Gasteiger partial charge < -0.3 is 4.90 Å². The maximum Gasteiger partial charge on any atom is 0.316 e. The van der Waals surface area contributed by atoms with Crippen LogP contribution >= 0.6 is 0 Å². The molecule has 0 radical (unpaired) electrons. The Bertz CT molecular complexity index is 29.3. The van der Waals surface area contributed by atoms with Crippen molar-refractivity contribution in [1.82, 2.24) is 4.90 Å². The fourth-order valence-corrected chi connectivity index (χ4v) is 0.447. The van der Waals surface area contributed by atoms with E-state index < -0.39 is 0 Å². The van der Waals surface area contributed by atoms with Crippen molar-refractivity contribution < 1.29 is 0 Å². The molecule has 0 atom stereocenters. The van der Waals surface area contributed by atoms with E-state index in [9.17, 15) is 0 Å². The molecule has 0 aliphatic carbocycles. The lowest BCUT2D eigenvalue weighted by Crippen LogP contribution is -2.11. The van der Waals surface area contributed by atoms with Gasteiger partial charge in [-0.2, -0.15) is 0 Å². The van der Waals surface area contributed by atoms with Gasteiger partial charge in [-0.1, -0.05) is 6.92 Å². The zero-order valence-corrected chi connectivity index (χ0v) is 4.86. The summed E-state index contributed by atoms with van der Waals surface area (Å²) in [5, 5.41) is 0. The first-order chi connectivity index (χ1) is 2.77. The highest BCUT2D eigenvalue weighted by atomic mass is 24.3. The van der Waals surface area contributed by atoms with Crippen molar-refractivity contribution >= 4 is 23.1 Å². The maximum absolute atomic E-state index is 2.18. The molecule has 0 saturated heterocycles. The summed E-state index contributed by atoms with van der Waals surface area (Å²) in [5.74, 6) is 0. The molecule has 2 heteroatoms. The third-order valence-corrected chi connectivity index (χ3v) is 0.671. The molecule has 0 heterocycles. The molecule has 1 nitrogen and oxygen atoms in total. The zero-order chi connectivity index (χ0) is 4.99. The molecule has 0 saturated carbocycles. The van der Waals surface area contributed by atoms with E-state index in [1.165, 1.54) is 13.0 Å². The molecule has 0 amide bonds. The van der Waals surface area contributed by atoms with Gasteiger partial charge in [-0.25, -0.2) is 0 Å². The van der Waals surface area contributed by atoms with Crippen LogP contribution in [0.15, 0.2) is 0 Å². The SMILES string of the molecule is CCCN(C)C.[MgH2]. The largest absolute Gasteiger partial charge is 0.316 e. The second kappa shape index (κ2) is 6.73. The van der Waals surface area contributed by atoms with Crippen molar-refractivity contribution in [2.45, 2.75) is 13.3 Å². The Labute approximate surface area is 62.2 Å². The summed E-state index contributed by atoms with van der Waals surface area (Å²) in [6.45, 7) is 3.39. The van der Waals surface area contributed by atoms with Gasteiger partial charge in [0.1, 0.15) is 0 Å². The standard InChI is InChI=1S/C5H13N.Mg.2H/c1-4-5-6(2)3;;;/h4-5H2,1-3H3;;;. The summed E-state index contributed by atoms with van der Waals surface area (Å²) in [6.07, 6.45) is 1.26. The number of hydrogen-bond donors (Lipinski definition) is 0. The second-order valence-corrected chi connectivity index (χ2v) is 1.80. The Morgan fingerprint density at radius 3 is 1.71 bits per heavy atom. The van der Waals surface area contributed by atoms with Crippen LogP contribution in [0.5, 0.6) is 0 Å². The lowest BCUT2D eigenvalue weighted by molar-refractivity contribution is 0.408. The minimum atomic E-state index is 0. The third-order valence-electron chi connectivity index (χ3n) is 0.671. The molecule has 0 fully saturated rings. The van der Waals surface area contributed by atoms with Gasteiger partial charge in [0, 0.05) is 0 Å². The fraction of sp³-hybridized carbons (Fsp3) is 1.00. The first kappa shape index (κ1) is 10.7. The minimum absolute atomic E-state index is 0. The van der Waals surface area contributed by atoms with Crippen LogP contribution in [0.3, 0.4) is 0 Å². The van der Waals surface area contributed by atoms with Gasteiger partial charge in [0.25, 0.3) is 0 Å². The molecule has 0 N–H and O–H groups in total. The molecule has 0 aliphatic rings. The summed E-state index contributed by atoms with van der Waals surface area (Å²) < 4.78 is 0. The lowest BCUT2D eigenvalue weighted by Gasteiger charge is -2.03. The Kier molecular flexibility index (Phi) is 10.2. The van der Waals surface area contributed by atoms with E-state index in [4.69, 9.17) is 0 Å².